The van der Waals surface area contributed by atoms with Crippen molar-refractivity contribution in [3.63, 3.8) is 0 Å². The van der Waals surface area contributed by atoms with Crippen LogP contribution in [0.25, 0.3) is 10.8 Å². The van der Waals surface area contributed by atoms with E-state index in [2.05, 4.69) is 5.32 Å². The number of amides is 1. The molecule has 0 aromatic heterocycles. The van der Waals surface area contributed by atoms with Crippen LogP contribution in [0, 0.1) is 0 Å². The molecule has 0 aliphatic carbocycles. The van der Waals surface area contributed by atoms with Gasteiger partial charge in [0.25, 0.3) is 5.91 Å². The summed E-state index contributed by atoms with van der Waals surface area (Å²) in [4.78, 5) is 12.7. The van der Waals surface area contributed by atoms with Crippen LogP contribution in [0.5, 0.6) is 5.75 Å². The second-order valence-corrected chi connectivity index (χ2v) is 5.26. The van der Waals surface area contributed by atoms with Gasteiger partial charge in [-0.25, -0.2) is 0 Å². The molecule has 0 aliphatic rings. The standard InChI is InChI=1S/C18H14ClNO2/c1-22-16-11-6-12-4-2-3-5-15(12)17(16)18(21)20-14-9-7-13(19)8-10-14/h2-11H,1H3,(H,20,21). The van der Waals surface area contributed by atoms with Gasteiger partial charge < -0.3 is 10.1 Å². The number of rotatable bonds is 3. The minimum atomic E-state index is -0.212. The Kier molecular flexibility index (Phi) is 3.98. The Labute approximate surface area is 133 Å². The zero-order valence-corrected chi connectivity index (χ0v) is 12.7. The highest BCUT2D eigenvalue weighted by molar-refractivity contribution is 6.30. The molecule has 1 amide bonds. The molecule has 22 heavy (non-hydrogen) atoms. The van der Waals surface area contributed by atoms with Gasteiger partial charge in [0.15, 0.2) is 0 Å². The summed E-state index contributed by atoms with van der Waals surface area (Å²) in [7, 11) is 1.56. The average molecular weight is 312 g/mol. The highest BCUT2D eigenvalue weighted by Gasteiger charge is 2.16. The second-order valence-electron chi connectivity index (χ2n) is 4.82. The topological polar surface area (TPSA) is 38.3 Å². The van der Waals surface area contributed by atoms with E-state index in [1.807, 2.05) is 30.3 Å². The maximum Gasteiger partial charge on any atom is 0.260 e. The van der Waals surface area contributed by atoms with Crippen LogP contribution >= 0.6 is 11.6 Å². The Morgan fingerprint density at radius 3 is 2.45 bits per heavy atom. The van der Waals surface area contributed by atoms with Crippen molar-refractivity contribution in [3.8, 4) is 5.75 Å². The second kappa shape index (κ2) is 6.08. The van der Waals surface area contributed by atoms with Crippen molar-refractivity contribution in [3.05, 3.63) is 71.2 Å². The van der Waals surface area contributed by atoms with E-state index >= 15 is 0 Å². The molecule has 3 rings (SSSR count). The van der Waals surface area contributed by atoms with Crippen molar-refractivity contribution in [2.45, 2.75) is 0 Å². The summed E-state index contributed by atoms with van der Waals surface area (Å²) in [5.74, 6) is 0.334. The van der Waals surface area contributed by atoms with Gasteiger partial charge in [-0.3, -0.25) is 4.79 Å². The van der Waals surface area contributed by atoms with Crippen LogP contribution in [0.2, 0.25) is 5.02 Å². The van der Waals surface area contributed by atoms with Gasteiger partial charge in [0, 0.05) is 10.7 Å². The van der Waals surface area contributed by atoms with Gasteiger partial charge in [-0.15, -0.1) is 0 Å². The number of hydrogen-bond acceptors (Lipinski definition) is 2. The van der Waals surface area contributed by atoms with Crippen molar-refractivity contribution < 1.29 is 9.53 Å². The Balaban J connectivity index is 2.04. The smallest absolute Gasteiger partial charge is 0.260 e. The third-order valence-electron chi connectivity index (χ3n) is 3.44. The van der Waals surface area contributed by atoms with Crippen LogP contribution in [-0.4, -0.2) is 13.0 Å². The van der Waals surface area contributed by atoms with Gasteiger partial charge in [-0.2, -0.15) is 0 Å². The molecule has 4 heteroatoms. The molecule has 0 heterocycles. The van der Waals surface area contributed by atoms with E-state index in [0.29, 0.717) is 22.0 Å². The summed E-state index contributed by atoms with van der Waals surface area (Å²) >= 11 is 5.86. The molecule has 110 valence electrons. The maximum atomic E-state index is 12.7. The van der Waals surface area contributed by atoms with Gasteiger partial charge in [0.1, 0.15) is 5.75 Å². The monoisotopic (exact) mass is 311 g/mol. The average Bonchev–Trinajstić information content (AvgIpc) is 2.55. The van der Waals surface area contributed by atoms with Crippen LogP contribution in [-0.2, 0) is 0 Å². The molecule has 1 N–H and O–H groups in total. The van der Waals surface area contributed by atoms with Gasteiger partial charge in [-0.1, -0.05) is 41.9 Å². The van der Waals surface area contributed by atoms with Crippen molar-refractivity contribution in [2.24, 2.45) is 0 Å². The van der Waals surface area contributed by atoms with Crippen LogP contribution in [0.4, 0.5) is 5.69 Å². The predicted molar refractivity (Wildman–Crippen MR) is 89.9 cm³/mol. The Morgan fingerprint density at radius 2 is 1.73 bits per heavy atom. The molecule has 0 saturated carbocycles. The van der Waals surface area contributed by atoms with E-state index in [9.17, 15) is 4.79 Å². The number of methoxy groups -OCH3 is 1. The summed E-state index contributed by atoms with van der Waals surface area (Å²) in [6.07, 6.45) is 0. The van der Waals surface area contributed by atoms with Gasteiger partial charge in [0.05, 0.1) is 12.7 Å². The van der Waals surface area contributed by atoms with Crippen LogP contribution in [0.15, 0.2) is 60.7 Å². The first kappa shape index (κ1) is 14.4. The number of nitrogens with one attached hydrogen (secondary N) is 1. The van der Waals surface area contributed by atoms with Gasteiger partial charge in [-0.05, 0) is 41.1 Å². The summed E-state index contributed by atoms with van der Waals surface area (Å²) in [6.45, 7) is 0. The van der Waals surface area contributed by atoms with Crippen molar-refractivity contribution in [1.82, 2.24) is 0 Å². The number of anilines is 1. The minimum absolute atomic E-state index is 0.212. The molecule has 0 saturated heterocycles. The lowest BCUT2D eigenvalue weighted by molar-refractivity contribution is 0.102. The quantitative estimate of drug-likeness (QED) is 0.757. The molecule has 0 aliphatic heterocycles. The first-order valence-electron chi connectivity index (χ1n) is 6.81. The summed E-state index contributed by atoms with van der Waals surface area (Å²) in [6, 6.07) is 18.5. The molecule has 0 spiro atoms. The predicted octanol–water partition coefficient (Wildman–Crippen LogP) is 4.75. The fraction of sp³-hybridized carbons (Fsp3) is 0.0556. The molecule has 0 atom stereocenters. The molecule has 0 radical (unpaired) electrons. The SMILES string of the molecule is COc1ccc2ccccc2c1C(=O)Nc1ccc(Cl)cc1. The fourth-order valence-electron chi connectivity index (χ4n) is 2.38. The molecule has 3 nitrogen and oxygen atoms in total. The highest BCUT2D eigenvalue weighted by atomic mass is 35.5. The molecule has 3 aromatic carbocycles. The van der Waals surface area contributed by atoms with E-state index < -0.39 is 0 Å². The number of ether oxygens (including phenoxy) is 1. The third-order valence-corrected chi connectivity index (χ3v) is 3.69. The van der Waals surface area contributed by atoms with Crippen LogP contribution < -0.4 is 10.1 Å². The molecule has 0 bridgehead atoms. The molecule has 0 fully saturated rings. The van der Waals surface area contributed by atoms with Crippen molar-refractivity contribution in [2.75, 3.05) is 12.4 Å². The van der Waals surface area contributed by atoms with Crippen molar-refractivity contribution in [1.29, 1.82) is 0 Å². The lowest BCUT2D eigenvalue weighted by Crippen LogP contribution is -2.13. The lowest BCUT2D eigenvalue weighted by atomic mass is 10.0. The largest absolute Gasteiger partial charge is 0.496 e. The molecule has 0 unspecified atom stereocenters. The Hall–Kier alpha value is -2.52. The third kappa shape index (κ3) is 2.76. The zero-order chi connectivity index (χ0) is 15.5. The zero-order valence-electron chi connectivity index (χ0n) is 12.0. The number of benzene rings is 3. The van der Waals surface area contributed by atoms with E-state index in [0.717, 1.165) is 10.8 Å². The van der Waals surface area contributed by atoms with E-state index in [4.69, 9.17) is 16.3 Å². The first-order valence-corrected chi connectivity index (χ1v) is 7.19. The van der Waals surface area contributed by atoms with Gasteiger partial charge >= 0.3 is 0 Å². The minimum Gasteiger partial charge on any atom is -0.496 e. The maximum absolute atomic E-state index is 12.7. The summed E-state index contributed by atoms with van der Waals surface area (Å²) in [5.41, 5.74) is 1.21. The molecular formula is C18H14ClNO2. The van der Waals surface area contributed by atoms with E-state index in [-0.39, 0.29) is 5.91 Å². The number of carbonyl (C=O) groups excluding carboxylic acids is 1. The molecule has 3 aromatic rings. The van der Waals surface area contributed by atoms with Crippen LogP contribution in [0.3, 0.4) is 0 Å². The fourth-order valence-corrected chi connectivity index (χ4v) is 2.51. The molecular weight excluding hydrogens is 298 g/mol. The number of halogens is 1. The van der Waals surface area contributed by atoms with Crippen LogP contribution in [0.1, 0.15) is 10.4 Å². The summed E-state index contributed by atoms with van der Waals surface area (Å²) < 4.78 is 5.35. The normalized spacial score (nSPS) is 10.5. The number of fused-ring (bicyclic) bond motifs is 1. The highest BCUT2D eigenvalue weighted by Crippen LogP contribution is 2.28. The summed E-state index contributed by atoms with van der Waals surface area (Å²) in [5, 5.41) is 5.35. The number of carbonyl (C=O) groups is 1. The Morgan fingerprint density at radius 1 is 1.00 bits per heavy atom. The number of hydrogen-bond donors (Lipinski definition) is 1. The van der Waals surface area contributed by atoms with E-state index in [1.165, 1.54) is 0 Å². The van der Waals surface area contributed by atoms with E-state index in [1.54, 1.807) is 37.4 Å². The Bertz CT molecular complexity index is 828. The van der Waals surface area contributed by atoms with Crippen molar-refractivity contribution >= 4 is 34.0 Å². The van der Waals surface area contributed by atoms with Gasteiger partial charge in [0.2, 0.25) is 0 Å². The lowest BCUT2D eigenvalue weighted by Gasteiger charge is -2.12. The first-order chi connectivity index (χ1) is 10.7.